The summed E-state index contributed by atoms with van der Waals surface area (Å²) >= 11 is 0. The van der Waals surface area contributed by atoms with Crippen LogP contribution in [-0.2, 0) is 0 Å². The van der Waals surface area contributed by atoms with E-state index in [2.05, 4.69) is 0 Å². The molecule has 0 bridgehead atoms. The number of hydrogen-bond acceptors (Lipinski definition) is 2. The average molecular weight is 154 g/mol. The topological polar surface area (TPSA) is 52.0 Å². The lowest BCUT2D eigenvalue weighted by atomic mass is 9.67. The first kappa shape index (κ1) is 7.56. The standard InChI is InChI=1S/C9H18N2/c10-8-4-7(5-8)9(11)6-2-1-3-6/h6-9H,1-5,10-11H2. The molecule has 2 rings (SSSR count). The van der Waals surface area contributed by atoms with Crippen LogP contribution in [0.25, 0.3) is 0 Å². The van der Waals surface area contributed by atoms with Crippen LogP contribution in [0.5, 0.6) is 0 Å². The maximum Gasteiger partial charge on any atom is 0.00967 e. The lowest BCUT2D eigenvalue weighted by Gasteiger charge is -2.43. The summed E-state index contributed by atoms with van der Waals surface area (Å²) in [5.74, 6) is 1.60. The quantitative estimate of drug-likeness (QED) is 0.619. The first-order chi connectivity index (χ1) is 5.27. The van der Waals surface area contributed by atoms with E-state index in [4.69, 9.17) is 11.5 Å². The van der Waals surface area contributed by atoms with Crippen molar-refractivity contribution >= 4 is 0 Å². The Morgan fingerprint density at radius 3 is 2.09 bits per heavy atom. The van der Waals surface area contributed by atoms with Gasteiger partial charge in [0.05, 0.1) is 0 Å². The van der Waals surface area contributed by atoms with Gasteiger partial charge in [-0.15, -0.1) is 0 Å². The zero-order valence-electron chi connectivity index (χ0n) is 7.00. The monoisotopic (exact) mass is 154 g/mol. The van der Waals surface area contributed by atoms with Crippen LogP contribution in [0.4, 0.5) is 0 Å². The minimum atomic E-state index is 0.464. The molecule has 2 aliphatic rings. The average Bonchev–Trinajstić information content (AvgIpc) is 1.76. The Bertz CT molecular complexity index is 136. The molecular weight excluding hydrogens is 136 g/mol. The molecule has 0 amide bonds. The molecule has 0 aromatic carbocycles. The second-order valence-corrected chi connectivity index (χ2v) is 4.26. The van der Waals surface area contributed by atoms with Crippen LogP contribution >= 0.6 is 0 Å². The summed E-state index contributed by atoms with van der Waals surface area (Å²) < 4.78 is 0. The third kappa shape index (κ3) is 1.30. The van der Waals surface area contributed by atoms with Crippen LogP contribution in [0.1, 0.15) is 32.1 Å². The van der Waals surface area contributed by atoms with E-state index in [1.807, 2.05) is 0 Å². The Hall–Kier alpha value is -0.0800. The van der Waals surface area contributed by atoms with Gasteiger partial charge in [-0.05, 0) is 37.5 Å². The third-order valence-electron chi connectivity index (χ3n) is 3.45. The molecule has 2 saturated carbocycles. The lowest BCUT2D eigenvalue weighted by molar-refractivity contribution is 0.136. The Morgan fingerprint density at radius 1 is 1.09 bits per heavy atom. The van der Waals surface area contributed by atoms with Gasteiger partial charge in [-0.1, -0.05) is 6.42 Å². The van der Waals surface area contributed by atoms with E-state index in [1.54, 1.807) is 0 Å². The van der Waals surface area contributed by atoms with Gasteiger partial charge < -0.3 is 11.5 Å². The summed E-state index contributed by atoms with van der Waals surface area (Å²) in [7, 11) is 0. The van der Waals surface area contributed by atoms with Gasteiger partial charge in [0, 0.05) is 12.1 Å². The molecule has 2 fully saturated rings. The number of rotatable bonds is 2. The lowest BCUT2D eigenvalue weighted by Crippen LogP contribution is -2.50. The van der Waals surface area contributed by atoms with E-state index < -0.39 is 0 Å². The summed E-state index contributed by atoms with van der Waals surface area (Å²) in [6.45, 7) is 0. The van der Waals surface area contributed by atoms with E-state index in [-0.39, 0.29) is 0 Å². The van der Waals surface area contributed by atoms with E-state index in [0.717, 1.165) is 11.8 Å². The molecule has 0 saturated heterocycles. The van der Waals surface area contributed by atoms with E-state index in [0.29, 0.717) is 12.1 Å². The molecule has 0 spiro atoms. The van der Waals surface area contributed by atoms with Crippen molar-refractivity contribution in [2.24, 2.45) is 23.3 Å². The first-order valence-corrected chi connectivity index (χ1v) is 4.78. The van der Waals surface area contributed by atoms with Crippen molar-refractivity contribution < 1.29 is 0 Å². The van der Waals surface area contributed by atoms with Gasteiger partial charge in [-0.3, -0.25) is 0 Å². The Balaban J connectivity index is 1.76. The zero-order valence-corrected chi connectivity index (χ0v) is 7.00. The summed E-state index contributed by atoms with van der Waals surface area (Å²) in [5, 5.41) is 0. The highest BCUT2D eigenvalue weighted by molar-refractivity contribution is 4.93. The fourth-order valence-corrected chi connectivity index (χ4v) is 2.23. The predicted octanol–water partition coefficient (Wildman–Crippen LogP) is 0.851. The molecule has 0 aliphatic heterocycles. The van der Waals surface area contributed by atoms with E-state index >= 15 is 0 Å². The second-order valence-electron chi connectivity index (χ2n) is 4.26. The van der Waals surface area contributed by atoms with Gasteiger partial charge in [0.15, 0.2) is 0 Å². The SMILES string of the molecule is NC1CC(C(N)C2CCC2)C1. The van der Waals surface area contributed by atoms with Crippen molar-refractivity contribution in [1.82, 2.24) is 0 Å². The Labute approximate surface area is 68.3 Å². The van der Waals surface area contributed by atoms with Crippen LogP contribution in [0.3, 0.4) is 0 Å². The maximum absolute atomic E-state index is 6.09. The second kappa shape index (κ2) is 2.76. The van der Waals surface area contributed by atoms with Gasteiger partial charge in [-0.25, -0.2) is 0 Å². The van der Waals surface area contributed by atoms with Crippen LogP contribution in [0, 0.1) is 11.8 Å². The summed E-state index contributed by atoms with van der Waals surface area (Å²) in [4.78, 5) is 0. The highest BCUT2D eigenvalue weighted by atomic mass is 14.8. The van der Waals surface area contributed by atoms with Crippen LogP contribution in [0.2, 0.25) is 0 Å². The molecule has 0 aromatic heterocycles. The Morgan fingerprint density at radius 2 is 1.73 bits per heavy atom. The first-order valence-electron chi connectivity index (χ1n) is 4.78. The van der Waals surface area contributed by atoms with E-state index in [9.17, 15) is 0 Å². The fourth-order valence-electron chi connectivity index (χ4n) is 2.23. The van der Waals surface area contributed by atoms with Gasteiger partial charge in [0.2, 0.25) is 0 Å². The molecule has 0 aromatic rings. The molecular formula is C9H18N2. The summed E-state index contributed by atoms with van der Waals surface area (Å²) in [6.07, 6.45) is 6.49. The molecule has 64 valence electrons. The van der Waals surface area contributed by atoms with Crippen molar-refractivity contribution in [1.29, 1.82) is 0 Å². The molecule has 4 N–H and O–H groups in total. The zero-order chi connectivity index (χ0) is 7.84. The van der Waals surface area contributed by atoms with Crippen LogP contribution < -0.4 is 11.5 Å². The summed E-state index contributed by atoms with van der Waals surface area (Å²) in [5.41, 5.74) is 11.8. The van der Waals surface area contributed by atoms with E-state index in [1.165, 1.54) is 32.1 Å². The fraction of sp³-hybridized carbons (Fsp3) is 1.00. The molecule has 2 heteroatoms. The highest BCUT2D eigenvalue weighted by Crippen LogP contribution is 2.38. The molecule has 0 heterocycles. The van der Waals surface area contributed by atoms with Gasteiger partial charge in [0.1, 0.15) is 0 Å². The van der Waals surface area contributed by atoms with Crippen molar-refractivity contribution in [3.05, 3.63) is 0 Å². The molecule has 2 aliphatic carbocycles. The third-order valence-corrected chi connectivity index (χ3v) is 3.45. The maximum atomic E-state index is 6.09. The highest BCUT2D eigenvalue weighted by Gasteiger charge is 2.36. The molecule has 2 nitrogen and oxygen atoms in total. The van der Waals surface area contributed by atoms with Crippen LogP contribution in [0.15, 0.2) is 0 Å². The molecule has 0 radical (unpaired) electrons. The summed E-state index contributed by atoms with van der Waals surface area (Å²) in [6, 6.07) is 0.940. The molecule has 11 heavy (non-hydrogen) atoms. The van der Waals surface area contributed by atoms with Crippen molar-refractivity contribution in [3.63, 3.8) is 0 Å². The van der Waals surface area contributed by atoms with Crippen molar-refractivity contribution in [2.45, 2.75) is 44.2 Å². The normalized spacial score (nSPS) is 40.9. The minimum Gasteiger partial charge on any atom is -0.328 e. The van der Waals surface area contributed by atoms with Gasteiger partial charge >= 0.3 is 0 Å². The molecule has 1 atom stereocenters. The Kier molecular flexibility index (Phi) is 1.90. The molecule has 1 unspecified atom stereocenters. The number of nitrogens with two attached hydrogens (primary N) is 2. The van der Waals surface area contributed by atoms with Crippen molar-refractivity contribution in [3.8, 4) is 0 Å². The largest absolute Gasteiger partial charge is 0.328 e. The number of hydrogen-bond donors (Lipinski definition) is 2. The van der Waals surface area contributed by atoms with Gasteiger partial charge in [0.25, 0.3) is 0 Å². The predicted molar refractivity (Wildman–Crippen MR) is 46.0 cm³/mol. The van der Waals surface area contributed by atoms with Crippen LogP contribution in [-0.4, -0.2) is 12.1 Å². The smallest absolute Gasteiger partial charge is 0.00967 e. The van der Waals surface area contributed by atoms with Crippen molar-refractivity contribution in [2.75, 3.05) is 0 Å². The minimum absolute atomic E-state index is 0.464. The van der Waals surface area contributed by atoms with Gasteiger partial charge in [-0.2, -0.15) is 0 Å².